The van der Waals surface area contributed by atoms with Gasteiger partial charge in [-0.1, -0.05) is 0 Å². The number of benzene rings is 1. The summed E-state index contributed by atoms with van der Waals surface area (Å²) in [5, 5.41) is 0. The van der Waals surface area contributed by atoms with Crippen molar-refractivity contribution in [3.63, 3.8) is 0 Å². The molecule has 0 saturated heterocycles. The van der Waals surface area contributed by atoms with Gasteiger partial charge < -0.3 is 5.73 Å². The van der Waals surface area contributed by atoms with Crippen LogP contribution in [0.5, 0.6) is 0 Å². The minimum absolute atomic E-state index is 0.308. The third kappa shape index (κ3) is 2.30. The fourth-order valence-corrected chi connectivity index (χ4v) is 2.42. The fourth-order valence-electron chi connectivity index (χ4n) is 1.98. The van der Waals surface area contributed by atoms with Crippen LogP contribution in [0.1, 0.15) is 0 Å². The highest BCUT2D eigenvalue weighted by atomic mass is 79.9. The summed E-state index contributed by atoms with van der Waals surface area (Å²) in [6, 6.07) is 8.08. The molecule has 2 N–H and O–H groups in total. The van der Waals surface area contributed by atoms with Crippen molar-refractivity contribution in [3.8, 4) is 16.9 Å². The highest BCUT2D eigenvalue weighted by Gasteiger charge is 2.11. The molecule has 3 rings (SSSR count). The molecule has 0 aliphatic rings. The molecule has 4 nitrogen and oxygen atoms in total. The van der Waals surface area contributed by atoms with Crippen LogP contribution < -0.4 is 5.73 Å². The van der Waals surface area contributed by atoms with Crippen LogP contribution in [0.3, 0.4) is 0 Å². The maximum atomic E-state index is 13.5. The van der Waals surface area contributed by atoms with Crippen molar-refractivity contribution in [1.82, 2.24) is 14.5 Å². The molecular formula is C14H10BrFN4. The maximum Gasteiger partial charge on any atom is 0.125 e. The number of nitrogen functional groups attached to an aromatic ring is 1. The minimum atomic E-state index is -0.308. The van der Waals surface area contributed by atoms with E-state index in [-0.39, 0.29) is 5.82 Å². The minimum Gasteiger partial charge on any atom is -0.384 e. The Morgan fingerprint density at radius 2 is 2.05 bits per heavy atom. The lowest BCUT2D eigenvalue weighted by Crippen LogP contribution is -1.98. The molecule has 100 valence electrons. The number of halogens is 2. The summed E-state index contributed by atoms with van der Waals surface area (Å²) in [5.74, 6) is 0.116. The number of pyridine rings is 1. The van der Waals surface area contributed by atoms with Gasteiger partial charge in [0, 0.05) is 16.2 Å². The Bertz CT molecular complexity index is 769. The van der Waals surface area contributed by atoms with Crippen LogP contribution in [0.15, 0.2) is 53.5 Å². The SMILES string of the molecule is Nc1cc(-c2cncn2-c2cc(F)ccc2Br)ccn1. The molecule has 20 heavy (non-hydrogen) atoms. The molecule has 2 aromatic heterocycles. The van der Waals surface area contributed by atoms with Gasteiger partial charge in [-0.15, -0.1) is 0 Å². The number of anilines is 1. The fraction of sp³-hybridized carbons (Fsp3) is 0. The molecule has 0 aliphatic heterocycles. The second-order valence-electron chi connectivity index (χ2n) is 4.21. The Kier molecular flexibility index (Phi) is 3.23. The van der Waals surface area contributed by atoms with Crippen molar-refractivity contribution in [2.45, 2.75) is 0 Å². The van der Waals surface area contributed by atoms with Gasteiger partial charge in [0.05, 0.1) is 23.9 Å². The van der Waals surface area contributed by atoms with Gasteiger partial charge in [0.2, 0.25) is 0 Å². The molecular weight excluding hydrogens is 323 g/mol. The van der Waals surface area contributed by atoms with Crippen molar-refractivity contribution in [2.75, 3.05) is 5.73 Å². The summed E-state index contributed by atoms with van der Waals surface area (Å²) in [6.07, 6.45) is 4.96. The van der Waals surface area contributed by atoms with Gasteiger partial charge >= 0.3 is 0 Å². The summed E-state index contributed by atoms with van der Waals surface area (Å²) in [7, 11) is 0. The van der Waals surface area contributed by atoms with Crippen LogP contribution in [-0.4, -0.2) is 14.5 Å². The Morgan fingerprint density at radius 1 is 1.20 bits per heavy atom. The summed E-state index contributed by atoms with van der Waals surface area (Å²) in [4.78, 5) is 8.10. The molecule has 0 radical (unpaired) electrons. The van der Waals surface area contributed by atoms with Crippen molar-refractivity contribution < 1.29 is 4.39 Å². The Morgan fingerprint density at radius 3 is 2.85 bits per heavy atom. The summed E-state index contributed by atoms with van der Waals surface area (Å²) in [6.45, 7) is 0. The monoisotopic (exact) mass is 332 g/mol. The molecule has 0 aliphatic carbocycles. The van der Waals surface area contributed by atoms with Gasteiger partial charge in [0.15, 0.2) is 0 Å². The predicted octanol–water partition coefficient (Wildman–Crippen LogP) is 3.42. The molecule has 3 aromatic rings. The highest BCUT2D eigenvalue weighted by Crippen LogP contribution is 2.28. The molecule has 0 atom stereocenters. The molecule has 6 heteroatoms. The van der Waals surface area contributed by atoms with Crippen LogP contribution >= 0.6 is 15.9 Å². The van der Waals surface area contributed by atoms with Crippen molar-refractivity contribution in [1.29, 1.82) is 0 Å². The van der Waals surface area contributed by atoms with E-state index in [1.807, 2.05) is 6.07 Å². The average molecular weight is 333 g/mol. The van der Waals surface area contributed by atoms with Crippen LogP contribution in [0.2, 0.25) is 0 Å². The molecule has 0 unspecified atom stereocenters. The number of nitrogens with zero attached hydrogens (tertiary/aromatic N) is 3. The average Bonchev–Trinajstić information content (AvgIpc) is 2.90. The first kappa shape index (κ1) is 12.8. The number of hydrogen-bond donors (Lipinski definition) is 1. The lowest BCUT2D eigenvalue weighted by Gasteiger charge is -2.10. The summed E-state index contributed by atoms with van der Waals surface area (Å²) in [5.41, 5.74) is 8.05. The predicted molar refractivity (Wildman–Crippen MR) is 78.9 cm³/mol. The standard InChI is InChI=1S/C14H10BrFN4/c15-11-2-1-10(16)6-12(11)20-8-18-7-13(20)9-3-4-19-14(17)5-9/h1-8H,(H2,17,19). The zero-order chi connectivity index (χ0) is 14.1. The van der Waals surface area contributed by atoms with Gasteiger partial charge in [-0.05, 0) is 46.3 Å². The first-order valence-electron chi connectivity index (χ1n) is 5.85. The smallest absolute Gasteiger partial charge is 0.125 e. The van der Waals surface area contributed by atoms with Crippen LogP contribution in [0, 0.1) is 5.82 Å². The van der Waals surface area contributed by atoms with E-state index in [1.165, 1.54) is 12.1 Å². The van der Waals surface area contributed by atoms with Crippen LogP contribution in [0.4, 0.5) is 10.2 Å². The van der Waals surface area contributed by atoms with Gasteiger partial charge in [0.1, 0.15) is 11.6 Å². The van der Waals surface area contributed by atoms with E-state index in [0.29, 0.717) is 11.5 Å². The molecule has 0 spiro atoms. The van der Waals surface area contributed by atoms with E-state index in [1.54, 1.807) is 35.4 Å². The number of hydrogen-bond acceptors (Lipinski definition) is 3. The van der Waals surface area contributed by atoms with E-state index < -0.39 is 0 Å². The quantitative estimate of drug-likeness (QED) is 0.782. The summed E-state index contributed by atoms with van der Waals surface area (Å²) >= 11 is 3.42. The highest BCUT2D eigenvalue weighted by molar-refractivity contribution is 9.10. The number of imidazole rings is 1. The summed E-state index contributed by atoms with van der Waals surface area (Å²) < 4.78 is 16.0. The molecule has 0 amide bonds. The van der Waals surface area contributed by atoms with Gasteiger partial charge in [-0.25, -0.2) is 14.4 Å². The second-order valence-corrected chi connectivity index (χ2v) is 5.07. The molecule has 2 heterocycles. The Balaban J connectivity index is 2.18. The third-order valence-electron chi connectivity index (χ3n) is 2.88. The Hall–Kier alpha value is -2.21. The van der Waals surface area contributed by atoms with Crippen LogP contribution in [0.25, 0.3) is 16.9 Å². The maximum absolute atomic E-state index is 13.5. The molecule has 0 saturated carbocycles. The van der Waals surface area contributed by atoms with Crippen molar-refractivity contribution in [2.24, 2.45) is 0 Å². The lowest BCUT2D eigenvalue weighted by molar-refractivity contribution is 0.626. The van der Waals surface area contributed by atoms with Gasteiger partial charge in [-0.3, -0.25) is 4.57 Å². The van der Waals surface area contributed by atoms with E-state index in [9.17, 15) is 4.39 Å². The zero-order valence-electron chi connectivity index (χ0n) is 10.3. The molecule has 0 fully saturated rings. The third-order valence-corrected chi connectivity index (χ3v) is 3.55. The first-order valence-corrected chi connectivity index (χ1v) is 6.64. The van der Waals surface area contributed by atoms with Gasteiger partial charge in [0.25, 0.3) is 0 Å². The first-order chi connectivity index (χ1) is 9.65. The van der Waals surface area contributed by atoms with Crippen molar-refractivity contribution >= 4 is 21.7 Å². The second kappa shape index (κ2) is 5.05. The van der Waals surface area contributed by atoms with E-state index in [4.69, 9.17) is 5.73 Å². The topological polar surface area (TPSA) is 56.7 Å². The van der Waals surface area contributed by atoms with E-state index >= 15 is 0 Å². The Labute approximate surface area is 123 Å². The number of nitrogens with two attached hydrogens (primary N) is 1. The van der Waals surface area contributed by atoms with Crippen LogP contribution in [-0.2, 0) is 0 Å². The number of rotatable bonds is 2. The lowest BCUT2D eigenvalue weighted by atomic mass is 10.2. The van der Waals surface area contributed by atoms with E-state index in [0.717, 1.165) is 15.7 Å². The number of aromatic nitrogens is 3. The normalized spacial score (nSPS) is 10.7. The van der Waals surface area contributed by atoms with Gasteiger partial charge in [-0.2, -0.15) is 0 Å². The zero-order valence-corrected chi connectivity index (χ0v) is 11.9. The largest absolute Gasteiger partial charge is 0.384 e. The van der Waals surface area contributed by atoms with E-state index in [2.05, 4.69) is 25.9 Å². The van der Waals surface area contributed by atoms with Crippen molar-refractivity contribution in [3.05, 3.63) is 59.3 Å². The molecule has 0 bridgehead atoms. The molecule has 1 aromatic carbocycles.